The summed E-state index contributed by atoms with van der Waals surface area (Å²) in [6.07, 6.45) is 4.15. The van der Waals surface area contributed by atoms with Gasteiger partial charge in [-0.2, -0.15) is 4.98 Å². The highest BCUT2D eigenvalue weighted by Crippen LogP contribution is 2.37. The largest absolute Gasteiger partial charge is 0.396 e. The molecule has 1 aliphatic carbocycles. The number of hydrogen-bond acceptors (Lipinski definition) is 5. The molecule has 3 rings (SSSR count). The first-order chi connectivity index (χ1) is 10.5. The average molecular weight is 303 g/mol. The van der Waals surface area contributed by atoms with Gasteiger partial charge < -0.3 is 5.11 Å². The molecule has 0 aliphatic heterocycles. The smallest absolute Gasteiger partial charge is 0.280 e. The van der Waals surface area contributed by atoms with Gasteiger partial charge in [-0.15, -0.1) is 0 Å². The minimum Gasteiger partial charge on any atom is -0.396 e. The number of carbonyl (C=O) groups excluding carboxylic acids is 1. The van der Waals surface area contributed by atoms with E-state index in [1.807, 2.05) is 6.20 Å². The fourth-order valence-electron chi connectivity index (χ4n) is 2.08. The lowest BCUT2D eigenvalue weighted by molar-refractivity contribution is -0.118. The molecule has 1 amide bonds. The van der Waals surface area contributed by atoms with E-state index in [1.54, 1.807) is 18.4 Å². The van der Waals surface area contributed by atoms with Crippen molar-refractivity contribution in [2.75, 3.05) is 11.9 Å². The summed E-state index contributed by atoms with van der Waals surface area (Å²) in [5.41, 5.74) is 1.26. The number of aromatic amines is 1. The van der Waals surface area contributed by atoms with Gasteiger partial charge >= 0.3 is 0 Å². The highest BCUT2D eigenvalue weighted by molar-refractivity contribution is 5.91. The third kappa shape index (κ3) is 2.64. The Kier molecular flexibility index (Phi) is 3.53. The van der Waals surface area contributed by atoms with E-state index >= 15 is 0 Å². The summed E-state index contributed by atoms with van der Waals surface area (Å²) in [6, 6.07) is 0. The number of amides is 1. The lowest BCUT2D eigenvalue weighted by atomic mass is 10.2. The van der Waals surface area contributed by atoms with Crippen molar-refractivity contribution in [1.82, 2.24) is 19.5 Å². The topological polar surface area (TPSA) is 113 Å². The summed E-state index contributed by atoms with van der Waals surface area (Å²) in [5, 5.41) is 11.6. The molecule has 1 atom stereocenters. The van der Waals surface area contributed by atoms with Crippen LogP contribution in [0.2, 0.25) is 0 Å². The number of anilines is 1. The minimum absolute atomic E-state index is 0.103. The molecular weight excluding hydrogens is 286 g/mol. The Bertz CT molecular complexity index is 817. The SMILES string of the molecule is CC(C)C(=O)Nc1nc2c(ncn2/C=C2/C[C@@H]2CO)c(=O)[nH]1. The van der Waals surface area contributed by atoms with Gasteiger partial charge in [-0.25, -0.2) is 4.98 Å². The molecule has 2 aromatic heterocycles. The molecule has 22 heavy (non-hydrogen) atoms. The van der Waals surface area contributed by atoms with Crippen molar-refractivity contribution < 1.29 is 9.90 Å². The molecule has 0 unspecified atom stereocenters. The normalized spacial score (nSPS) is 19.1. The van der Waals surface area contributed by atoms with Crippen LogP contribution in [0.15, 0.2) is 16.7 Å². The Morgan fingerprint density at radius 2 is 2.41 bits per heavy atom. The number of nitrogens with one attached hydrogen (secondary N) is 2. The Hall–Kier alpha value is -2.48. The van der Waals surface area contributed by atoms with Crippen LogP contribution >= 0.6 is 0 Å². The Morgan fingerprint density at radius 3 is 3.05 bits per heavy atom. The van der Waals surface area contributed by atoms with Crippen molar-refractivity contribution in [2.24, 2.45) is 11.8 Å². The summed E-state index contributed by atoms with van der Waals surface area (Å²) in [7, 11) is 0. The molecule has 1 aliphatic rings. The highest BCUT2D eigenvalue weighted by atomic mass is 16.3. The van der Waals surface area contributed by atoms with Gasteiger partial charge in [0.2, 0.25) is 11.9 Å². The molecule has 8 heteroatoms. The van der Waals surface area contributed by atoms with Crippen molar-refractivity contribution in [3.63, 3.8) is 0 Å². The van der Waals surface area contributed by atoms with Crippen LogP contribution in [0.25, 0.3) is 17.4 Å². The maximum atomic E-state index is 12.0. The molecule has 1 fully saturated rings. The van der Waals surface area contributed by atoms with E-state index < -0.39 is 5.56 Å². The summed E-state index contributed by atoms with van der Waals surface area (Å²) >= 11 is 0. The van der Waals surface area contributed by atoms with Gasteiger partial charge in [0.05, 0.1) is 0 Å². The maximum Gasteiger partial charge on any atom is 0.280 e. The second kappa shape index (κ2) is 5.38. The molecule has 0 aromatic carbocycles. The van der Waals surface area contributed by atoms with E-state index in [-0.39, 0.29) is 35.8 Å². The second-order valence-electron chi connectivity index (χ2n) is 5.67. The van der Waals surface area contributed by atoms with Crippen molar-refractivity contribution in [1.29, 1.82) is 0 Å². The predicted octanol–water partition coefficient (Wildman–Crippen LogP) is 0.567. The highest BCUT2D eigenvalue weighted by Gasteiger charge is 2.29. The summed E-state index contributed by atoms with van der Waals surface area (Å²) < 4.78 is 1.64. The second-order valence-corrected chi connectivity index (χ2v) is 5.67. The number of hydrogen-bond donors (Lipinski definition) is 3. The summed E-state index contributed by atoms with van der Waals surface area (Å²) in [4.78, 5) is 34.5. The van der Waals surface area contributed by atoms with Crippen LogP contribution in [0, 0.1) is 11.8 Å². The van der Waals surface area contributed by atoms with E-state index in [1.165, 1.54) is 6.33 Å². The van der Waals surface area contributed by atoms with E-state index in [0.717, 1.165) is 12.0 Å². The van der Waals surface area contributed by atoms with Crippen LogP contribution in [0.1, 0.15) is 20.3 Å². The molecule has 2 heterocycles. The van der Waals surface area contributed by atoms with Gasteiger partial charge in [0.25, 0.3) is 5.56 Å². The fraction of sp³-hybridized carbons (Fsp3) is 0.429. The van der Waals surface area contributed by atoms with Gasteiger partial charge in [-0.1, -0.05) is 13.8 Å². The van der Waals surface area contributed by atoms with Crippen LogP contribution < -0.4 is 10.9 Å². The molecule has 0 saturated heterocycles. The lowest BCUT2D eigenvalue weighted by Gasteiger charge is -2.06. The van der Waals surface area contributed by atoms with Crippen LogP contribution in [0.4, 0.5) is 5.95 Å². The van der Waals surface area contributed by atoms with Gasteiger partial charge in [0.1, 0.15) is 6.33 Å². The number of carbonyl (C=O) groups is 1. The molecular formula is C14H17N5O3. The molecule has 0 spiro atoms. The number of aromatic nitrogens is 4. The lowest BCUT2D eigenvalue weighted by Crippen LogP contribution is -2.22. The molecule has 116 valence electrons. The minimum atomic E-state index is -0.407. The Morgan fingerprint density at radius 1 is 1.64 bits per heavy atom. The first-order valence-corrected chi connectivity index (χ1v) is 7.08. The molecule has 3 N–H and O–H groups in total. The average Bonchev–Trinajstić information content (AvgIpc) is 3.10. The van der Waals surface area contributed by atoms with Crippen LogP contribution in [-0.2, 0) is 4.79 Å². The van der Waals surface area contributed by atoms with Gasteiger partial charge in [-0.3, -0.25) is 24.5 Å². The Labute approximate surface area is 125 Å². The number of imidazole rings is 1. The fourth-order valence-corrected chi connectivity index (χ4v) is 2.08. The standard InChI is InChI=1S/C14H17N5O3/c1-7(2)12(21)17-14-16-11-10(13(22)18-14)15-6-19(11)4-8-3-9(8)5-20/h4,6-7,9,20H,3,5H2,1-2H3,(H2,16,17,18,21,22)/b8-4-/t9-/m1/s1. The van der Waals surface area contributed by atoms with Crippen molar-refractivity contribution in [3.8, 4) is 0 Å². The third-order valence-electron chi connectivity index (χ3n) is 3.57. The summed E-state index contributed by atoms with van der Waals surface area (Å²) in [5.74, 6) is -0.162. The van der Waals surface area contributed by atoms with Crippen LogP contribution in [0.3, 0.4) is 0 Å². The van der Waals surface area contributed by atoms with Crippen molar-refractivity contribution in [3.05, 3.63) is 22.3 Å². The summed E-state index contributed by atoms with van der Waals surface area (Å²) in [6.45, 7) is 3.62. The predicted molar refractivity (Wildman–Crippen MR) is 81.1 cm³/mol. The quantitative estimate of drug-likeness (QED) is 0.764. The number of rotatable bonds is 4. The molecule has 1 saturated carbocycles. The van der Waals surface area contributed by atoms with Crippen molar-refractivity contribution >= 4 is 29.2 Å². The zero-order valence-electron chi connectivity index (χ0n) is 12.3. The molecule has 2 aromatic rings. The van der Waals surface area contributed by atoms with E-state index in [4.69, 9.17) is 5.11 Å². The van der Waals surface area contributed by atoms with Gasteiger partial charge in [-0.05, 0) is 12.0 Å². The molecule has 0 bridgehead atoms. The number of fused-ring (bicyclic) bond motifs is 1. The van der Waals surface area contributed by atoms with Crippen molar-refractivity contribution in [2.45, 2.75) is 20.3 Å². The zero-order valence-corrected chi connectivity index (χ0v) is 12.3. The van der Waals surface area contributed by atoms with E-state index in [9.17, 15) is 9.59 Å². The first kappa shape index (κ1) is 14.5. The first-order valence-electron chi connectivity index (χ1n) is 7.08. The van der Waals surface area contributed by atoms with Gasteiger partial charge in [0.15, 0.2) is 11.2 Å². The molecule has 0 radical (unpaired) electrons. The Balaban J connectivity index is 1.99. The third-order valence-corrected chi connectivity index (χ3v) is 3.57. The number of H-pyrrole nitrogens is 1. The number of aliphatic hydroxyl groups is 1. The van der Waals surface area contributed by atoms with E-state index in [2.05, 4.69) is 20.3 Å². The van der Waals surface area contributed by atoms with Crippen LogP contribution in [0.5, 0.6) is 0 Å². The van der Waals surface area contributed by atoms with Crippen LogP contribution in [-0.4, -0.2) is 37.1 Å². The monoisotopic (exact) mass is 303 g/mol. The van der Waals surface area contributed by atoms with Gasteiger partial charge in [0, 0.05) is 24.6 Å². The zero-order chi connectivity index (χ0) is 15.9. The number of aliphatic hydroxyl groups excluding tert-OH is 1. The number of nitrogens with zero attached hydrogens (tertiary/aromatic N) is 3. The van der Waals surface area contributed by atoms with E-state index in [0.29, 0.717) is 5.65 Å². The maximum absolute atomic E-state index is 12.0. The molecule has 8 nitrogen and oxygen atoms in total.